The molecule has 0 aliphatic carbocycles. The summed E-state index contributed by atoms with van der Waals surface area (Å²) in [7, 11) is -2.20. The largest absolute Gasteiger partial charge is 0.385 e. The maximum absolute atomic E-state index is 12.9. The Labute approximate surface area is 136 Å². The van der Waals surface area contributed by atoms with Gasteiger partial charge in [0.2, 0.25) is 15.9 Å². The molecule has 1 N–H and O–H groups in total. The summed E-state index contributed by atoms with van der Waals surface area (Å²) in [6, 6.07) is -0.684. The minimum Gasteiger partial charge on any atom is -0.385 e. The van der Waals surface area contributed by atoms with Crippen molar-refractivity contribution < 1.29 is 22.5 Å². The topological polar surface area (TPSA) is 102 Å². The molecule has 1 aliphatic heterocycles. The molecule has 1 aromatic rings. The van der Waals surface area contributed by atoms with E-state index in [2.05, 4.69) is 10.5 Å². The van der Waals surface area contributed by atoms with Crippen LogP contribution in [0.5, 0.6) is 0 Å². The van der Waals surface area contributed by atoms with Gasteiger partial charge in [0.15, 0.2) is 5.76 Å². The van der Waals surface area contributed by atoms with Crippen LogP contribution in [0.1, 0.15) is 30.7 Å². The zero-order chi connectivity index (χ0) is 17.0. The number of aryl methyl sites for hydroxylation is 2. The number of nitrogens with zero attached hydrogens (tertiary/aromatic N) is 2. The molecule has 2 heterocycles. The van der Waals surface area contributed by atoms with Crippen LogP contribution in [0.25, 0.3) is 0 Å². The van der Waals surface area contributed by atoms with Gasteiger partial charge in [0.25, 0.3) is 0 Å². The molecule has 0 bridgehead atoms. The second kappa shape index (κ2) is 7.41. The zero-order valence-corrected chi connectivity index (χ0v) is 14.5. The van der Waals surface area contributed by atoms with Crippen LogP contribution in [0.15, 0.2) is 9.42 Å². The minimum absolute atomic E-state index is 0.0663. The molecule has 0 saturated carbocycles. The van der Waals surface area contributed by atoms with Crippen molar-refractivity contribution >= 4 is 15.9 Å². The molecule has 1 aliphatic rings. The fourth-order valence-corrected chi connectivity index (χ4v) is 4.75. The lowest BCUT2D eigenvalue weighted by atomic mass is 10.2. The summed E-state index contributed by atoms with van der Waals surface area (Å²) in [4.78, 5) is 12.4. The molecular weight excluding hydrogens is 322 g/mol. The predicted molar refractivity (Wildman–Crippen MR) is 82.4 cm³/mol. The van der Waals surface area contributed by atoms with Crippen LogP contribution in [-0.4, -0.2) is 56.6 Å². The summed E-state index contributed by atoms with van der Waals surface area (Å²) in [6.07, 6.45) is 1.85. The number of carbonyl (C=O) groups is 1. The SMILES string of the molecule is COCCCNC(=O)[C@H]1CCCN1S(=O)(=O)c1c(C)noc1C. The van der Waals surface area contributed by atoms with Crippen molar-refractivity contribution in [3.63, 3.8) is 0 Å². The molecule has 1 atom stereocenters. The quantitative estimate of drug-likeness (QED) is 0.726. The van der Waals surface area contributed by atoms with Crippen LogP contribution in [0.3, 0.4) is 0 Å². The summed E-state index contributed by atoms with van der Waals surface area (Å²) in [5.74, 6) is -0.0254. The zero-order valence-electron chi connectivity index (χ0n) is 13.7. The lowest BCUT2D eigenvalue weighted by Crippen LogP contribution is -2.46. The first kappa shape index (κ1) is 17.9. The monoisotopic (exact) mass is 345 g/mol. The number of ether oxygens (including phenoxy) is 1. The van der Waals surface area contributed by atoms with E-state index in [1.807, 2.05) is 0 Å². The first-order valence-electron chi connectivity index (χ1n) is 7.61. The molecule has 2 rings (SSSR count). The highest BCUT2D eigenvalue weighted by Crippen LogP contribution is 2.29. The van der Waals surface area contributed by atoms with E-state index >= 15 is 0 Å². The van der Waals surface area contributed by atoms with E-state index < -0.39 is 16.1 Å². The highest BCUT2D eigenvalue weighted by Gasteiger charge is 2.41. The van der Waals surface area contributed by atoms with E-state index in [9.17, 15) is 13.2 Å². The summed E-state index contributed by atoms with van der Waals surface area (Å²) in [5, 5.41) is 6.47. The Balaban J connectivity index is 2.13. The van der Waals surface area contributed by atoms with Gasteiger partial charge in [0.1, 0.15) is 16.6 Å². The van der Waals surface area contributed by atoms with Crippen molar-refractivity contribution in [2.75, 3.05) is 26.8 Å². The minimum atomic E-state index is -3.79. The van der Waals surface area contributed by atoms with Gasteiger partial charge in [0.05, 0.1) is 0 Å². The second-order valence-electron chi connectivity index (χ2n) is 5.56. The Bertz CT molecular complexity index is 636. The summed E-state index contributed by atoms with van der Waals surface area (Å²) in [6.45, 7) is 4.47. The molecule has 23 heavy (non-hydrogen) atoms. The predicted octanol–water partition coefficient (Wildman–Crippen LogP) is 0.597. The fraction of sp³-hybridized carbons (Fsp3) is 0.714. The number of carbonyl (C=O) groups excluding carboxylic acids is 1. The van der Waals surface area contributed by atoms with Crippen LogP contribution in [0.4, 0.5) is 0 Å². The smallest absolute Gasteiger partial charge is 0.249 e. The van der Waals surface area contributed by atoms with Crippen molar-refractivity contribution in [2.45, 2.75) is 44.0 Å². The molecular formula is C14H23N3O5S. The molecule has 1 amide bonds. The first-order chi connectivity index (χ1) is 10.9. The van der Waals surface area contributed by atoms with Crippen molar-refractivity contribution in [3.8, 4) is 0 Å². The molecule has 0 radical (unpaired) electrons. The Morgan fingerprint density at radius 3 is 2.83 bits per heavy atom. The van der Waals surface area contributed by atoms with Crippen molar-refractivity contribution in [2.24, 2.45) is 0 Å². The van der Waals surface area contributed by atoms with Crippen molar-refractivity contribution in [1.29, 1.82) is 0 Å². The van der Waals surface area contributed by atoms with E-state index in [1.54, 1.807) is 21.0 Å². The Morgan fingerprint density at radius 1 is 1.48 bits per heavy atom. The van der Waals surface area contributed by atoms with Crippen molar-refractivity contribution in [1.82, 2.24) is 14.8 Å². The maximum atomic E-state index is 12.9. The second-order valence-corrected chi connectivity index (χ2v) is 7.39. The average Bonchev–Trinajstić information content (AvgIpc) is 3.11. The third kappa shape index (κ3) is 3.73. The third-order valence-electron chi connectivity index (χ3n) is 3.87. The van der Waals surface area contributed by atoms with Gasteiger partial charge in [-0.3, -0.25) is 4.79 Å². The fourth-order valence-electron chi connectivity index (χ4n) is 2.80. The molecule has 1 fully saturated rings. The van der Waals surface area contributed by atoms with Crippen LogP contribution in [0, 0.1) is 13.8 Å². The number of hydrogen-bond acceptors (Lipinski definition) is 6. The highest BCUT2D eigenvalue weighted by atomic mass is 32.2. The van der Waals surface area contributed by atoms with E-state index in [0.717, 1.165) is 0 Å². The lowest BCUT2D eigenvalue weighted by Gasteiger charge is -2.23. The molecule has 0 aromatic carbocycles. The van der Waals surface area contributed by atoms with Crippen LogP contribution >= 0.6 is 0 Å². The van der Waals surface area contributed by atoms with Gasteiger partial charge >= 0.3 is 0 Å². The van der Waals surface area contributed by atoms with Crippen LogP contribution < -0.4 is 5.32 Å². The molecule has 1 saturated heterocycles. The summed E-state index contributed by atoms with van der Waals surface area (Å²) >= 11 is 0. The molecule has 8 nitrogen and oxygen atoms in total. The Morgan fingerprint density at radius 2 is 2.22 bits per heavy atom. The van der Waals surface area contributed by atoms with E-state index in [4.69, 9.17) is 9.26 Å². The number of amides is 1. The van der Waals surface area contributed by atoms with Gasteiger partial charge in [-0.25, -0.2) is 8.42 Å². The number of sulfonamides is 1. The number of rotatable bonds is 7. The maximum Gasteiger partial charge on any atom is 0.249 e. The van der Waals surface area contributed by atoms with Gasteiger partial charge in [-0.1, -0.05) is 5.16 Å². The van der Waals surface area contributed by atoms with Gasteiger partial charge < -0.3 is 14.6 Å². The molecule has 130 valence electrons. The normalized spacial score (nSPS) is 19.2. The standard InChI is InChI=1S/C14H23N3O5S/c1-10-13(11(2)22-16-10)23(19,20)17-8-4-6-12(17)14(18)15-7-5-9-21-3/h12H,4-9H2,1-3H3,(H,15,18)/t12-/m1/s1. The number of aromatic nitrogens is 1. The third-order valence-corrected chi connectivity index (χ3v) is 6.02. The highest BCUT2D eigenvalue weighted by molar-refractivity contribution is 7.89. The number of methoxy groups -OCH3 is 1. The van der Waals surface area contributed by atoms with Gasteiger partial charge in [0, 0.05) is 26.8 Å². The molecule has 0 spiro atoms. The summed E-state index contributed by atoms with van der Waals surface area (Å²) in [5.41, 5.74) is 0.314. The number of nitrogens with one attached hydrogen (secondary N) is 1. The summed E-state index contributed by atoms with van der Waals surface area (Å²) < 4.78 is 36.8. The van der Waals surface area contributed by atoms with E-state index in [-0.39, 0.29) is 16.6 Å². The first-order valence-corrected chi connectivity index (χ1v) is 9.05. The van der Waals surface area contributed by atoms with Crippen molar-refractivity contribution in [3.05, 3.63) is 11.5 Å². The average molecular weight is 345 g/mol. The van der Waals surface area contributed by atoms with Gasteiger partial charge in [-0.2, -0.15) is 4.31 Å². The number of hydrogen-bond donors (Lipinski definition) is 1. The van der Waals surface area contributed by atoms with E-state index in [1.165, 1.54) is 4.31 Å². The van der Waals surface area contributed by atoms with Gasteiger partial charge in [-0.15, -0.1) is 0 Å². The Hall–Kier alpha value is -1.45. The Kier molecular flexibility index (Phi) is 5.77. The van der Waals surface area contributed by atoms with E-state index in [0.29, 0.717) is 44.7 Å². The van der Waals surface area contributed by atoms with Gasteiger partial charge in [-0.05, 0) is 33.1 Å². The van der Waals surface area contributed by atoms with Crippen LogP contribution in [-0.2, 0) is 19.6 Å². The molecule has 9 heteroatoms. The molecule has 1 aromatic heterocycles. The molecule has 0 unspecified atom stereocenters. The lowest BCUT2D eigenvalue weighted by molar-refractivity contribution is -0.124. The van der Waals surface area contributed by atoms with Crippen LogP contribution in [0.2, 0.25) is 0 Å².